The molecular weight excluding hydrogens is 572 g/mol. The molecule has 3 N–H and O–H groups in total. The molecule has 1 aromatic heterocycles. The zero-order chi connectivity index (χ0) is 32.0. The number of nitrogens with zero attached hydrogens (tertiary/aromatic N) is 2. The molecule has 3 heterocycles. The van der Waals surface area contributed by atoms with E-state index in [0.29, 0.717) is 30.6 Å². The molecule has 3 amide bonds. The number of esters is 1. The molecule has 2 aliphatic rings. The number of allylic oxidation sites excluding steroid dienone is 1. The van der Waals surface area contributed by atoms with E-state index in [4.69, 9.17) is 4.74 Å². The zero-order valence-electron chi connectivity index (χ0n) is 25.6. The fraction of sp³-hybridized carbons (Fsp3) is 0.531. The highest BCUT2D eigenvalue weighted by Crippen LogP contribution is 2.27. The van der Waals surface area contributed by atoms with Crippen LogP contribution >= 0.6 is 0 Å². The van der Waals surface area contributed by atoms with Crippen LogP contribution in [-0.2, 0) is 23.9 Å². The molecule has 0 radical (unpaired) electrons. The van der Waals surface area contributed by atoms with Crippen LogP contribution < -0.4 is 16.1 Å². The quantitative estimate of drug-likeness (QED) is 0.411. The molecular formula is C32H41F2N5O5. The molecule has 10 nitrogen and oxygen atoms in total. The minimum atomic E-state index is -3.07. The number of benzene rings is 1. The van der Waals surface area contributed by atoms with Gasteiger partial charge in [0.05, 0.1) is 11.2 Å². The highest BCUT2D eigenvalue weighted by atomic mass is 19.3. The summed E-state index contributed by atoms with van der Waals surface area (Å²) in [7, 11) is 0. The molecule has 0 spiro atoms. The molecule has 44 heavy (non-hydrogen) atoms. The Labute approximate surface area is 255 Å². The Balaban J connectivity index is 1.58. The average molecular weight is 614 g/mol. The second kappa shape index (κ2) is 14.2. The maximum absolute atomic E-state index is 14.6. The molecule has 2 aromatic rings. The lowest BCUT2D eigenvalue weighted by Crippen LogP contribution is -2.61. The van der Waals surface area contributed by atoms with Crippen molar-refractivity contribution in [1.29, 1.82) is 0 Å². The maximum Gasteiger partial charge on any atom is 0.325 e. The van der Waals surface area contributed by atoms with Gasteiger partial charge in [-0.05, 0) is 56.7 Å². The first-order chi connectivity index (χ1) is 20.8. The monoisotopic (exact) mass is 613 g/mol. The fourth-order valence-electron chi connectivity index (χ4n) is 5.23. The van der Waals surface area contributed by atoms with E-state index in [1.54, 1.807) is 39.0 Å². The molecule has 4 atom stereocenters. The summed E-state index contributed by atoms with van der Waals surface area (Å²) in [5.41, 5.74) is 4.91. The van der Waals surface area contributed by atoms with Gasteiger partial charge in [0.25, 0.3) is 5.91 Å². The fourth-order valence-corrected chi connectivity index (χ4v) is 5.23. The molecule has 1 saturated heterocycles. The Morgan fingerprint density at radius 3 is 2.55 bits per heavy atom. The summed E-state index contributed by atoms with van der Waals surface area (Å²) in [6.45, 7) is 6.96. The Morgan fingerprint density at radius 2 is 1.80 bits per heavy atom. The lowest BCUT2D eigenvalue weighted by Gasteiger charge is -2.35. The normalized spacial score (nSPS) is 26.9. The van der Waals surface area contributed by atoms with Crippen LogP contribution in [0.15, 0.2) is 36.4 Å². The van der Waals surface area contributed by atoms with Crippen molar-refractivity contribution in [2.75, 3.05) is 6.54 Å². The SMILES string of the molecule is CC(C)C1NC(=O)CCC(F)(F)CC/C=C/c2ccc3ccc(nc3c2)[C@@H](C)OC(=O)[C@@H]2CCCN(N2)C(=O)[C@H](C)NC1=O. The highest BCUT2D eigenvalue weighted by molar-refractivity contribution is 5.92. The first-order valence-corrected chi connectivity index (χ1v) is 15.2. The Hall–Kier alpha value is -3.93. The van der Waals surface area contributed by atoms with E-state index in [9.17, 15) is 28.0 Å². The Morgan fingerprint density at radius 1 is 1.05 bits per heavy atom. The van der Waals surface area contributed by atoms with Gasteiger partial charge in [0, 0.05) is 31.2 Å². The minimum absolute atomic E-state index is 0.0995. The number of carbonyl (C=O) groups excluding carboxylic acids is 4. The number of pyridine rings is 1. The van der Waals surface area contributed by atoms with E-state index in [0.717, 1.165) is 10.9 Å². The summed E-state index contributed by atoms with van der Waals surface area (Å²) in [4.78, 5) is 56.6. The summed E-state index contributed by atoms with van der Waals surface area (Å²) < 4.78 is 34.9. The number of amides is 3. The van der Waals surface area contributed by atoms with Crippen molar-refractivity contribution in [2.45, 2.75) is 96.4 Å². The van der Waals surface area contributed by atoms with Crippen LogP contribution in [0, 0.1) is 5.92 Å². The number of cyclic esters (lactones) is 1. The third-order valence-corrected chi connectivity index (χ3v) is 7.88. The van der Waals surface area contributed by atoms with Crippen molar-refractivity contribution in [3.05, 3.63) is 47.7 Å². The van der Waals surface area contributed by atoms with Crippen LogP contribution in [0.4, 0.5) is 8.78 Å². The van der Waals surface area contributed by atoms with Gasteiger partial charge in [-0.25, -0.2) is 19.2 Å². The number of rotatable bonds is 1. The van der Waals surface area contributed by atoms with Gasteiger partial charge in [-0.2, -0.15) is 0 Å². The lowest BCUT2D eigenvalue weighted by atomic mass is 10.0. The van der Waals surface area contributed by atoms with E-state index in [-0.39, 0.29) is 12.3 Å². The van der Waals surface area contributed by atoms with Crippen molar-refractivity contribution in [1.82, 2.24) is 26.1 Å². The van der Waals surface area contributed by atoms with Crippen molar-refractivity contribution >= 4 is 40.7 Å². The van der Waals surface area contributed by atoms with Gasteiger partial charge in [-0.1, -0.05) is 44.2 Å². The average Bonchev–Trinajstić information content (AvgIpc) is 2.99. The standard InChI is InChI=1S/C32H41F2N5O5/c1-19(2)28-29(41)35-20(3)30(42)39-17-7-9-25(38-39)31(43)44-21(4)24-13-12-23-11-10-22(18-26(23)36-24)8-5-6-15-32(33,34)16-14-27(40)37-28/h5,8,10-13,18-21,25,28,38H,6-7,9,14-17H2,1-4H3,(H,35,41)(H,37,40)/b8-5+/t20-,21+,25-,28?/m0/s1. The number of ether oxygens (including phenoxy) is 1. The zero-order valence-corrected chi connectivity index (χ0v) is 25.6. The van der Waals surface area contributed by atoms with Crippen LogP contribution in [-0.4, -0.2) is 64.3 Å². The Bertz CT molecular complexity index is 1410. The number of halogens is 2. The van der Waals surface area contributed by atoms with Crippen LogP contribution in [0.5, 0.6) is 0 Å². The Kier molecular flexibility index (Phi) is 10.7. The largest absolute Gasteiger partial charge is 0.455 e. The first-order valence-electron chi connectivity index (χ1n) is 15.2. The number of hydrazine groups is 1. The van der Waals surface area contributed by atoms with E-state index in [1.165, 1.54) is 11.9 Å². The summed E-state index contributed by atoms with van der Waals surface area (Å²) in [6.07, 6.45) is 2.29. The lowest BCUT2D eigenvalue weighted by molar-refractivity contribution is -0.157. The molecule has 238 valence electrons. The van der Waals surface area contributed by atoms with E-state index in [2.05, 4.69) is 21.0 Å². The molecule has 1 unspecified atom stereocenters. The molecule has 1 fully saturated rings. The highest BCUT2D eigenvalue weighted by Gasteiger charge is 2.34. The van der Waals surface area contributed by atoms with E-state index in [1.807, 2.05) is 24.3 Å². The second-order valence-electron chi connectivity index (χ2n) is 11.9. The van der Waals surface area contributed by atoms with Crippen LogP contribution in [0.1, 0.15) is 83.6 Å². The van der Waals surface area contributed by atoms with Gasteiger partial charge in [-0.15, -0.1) is 0 Å². The molecule has 2 aliphatic heterocycles. The van der Waals surface area contributed by atoms with E-state index >= 15 is 0 Å². The number of hydrogen-bond donors (Lipinski definition) is 3. The topological polar surface area (TPSA) is 130 Å². The number of alkyl halides is 2. The summed E-state index contributed by atoms with van der Waals surface area (Å²) in [5.74, 6) is -5.71. The van der Waals surface area contributed by atoms with Gasteiger partial charge in [0.1, 0.15) is 24.2 Å². The number of aromatic nitrogens is 1. The number of carbonyl (C=O) groups is 4. The summed E-state index contributed by atoms with van der Waals surface area (Å²) >= 11 is 0. The molecule has 0 aliphatic carbocycles. The number of fused-ring (bicyclic) bond motifs is 4. The smallest absolute Gasteiger partial charge is 0.325 e. The molecule has 1 aromatic carbocycles. The van der Waals surface area contributed by atoms with Crippen molar-refractivity contribution in [2.24, 2.45) is 5.92 Å². The first kappa shape index (κ1) is 33.0. The van der Waals surface area contributed by atoms with Gasteiger partial charge in [0.15, 0.2) is 0 Å². The van der Waals surface area contributed by atoms with Gasteiger partial charge < -0.3 is 15.4 Å². The van der Waals surface area contributed by atoms with Crippen molar-refractivity contribution < 1.29 is 32.7 Å². The van der Waals surface area contributed by atoms with Gasteiger partial charge in [-0.3, -0.25) is 24.2 Å². The third-order valence-electron chi connectivity index (χ3n) is 7.88. The predicted octanol–water partition coefficient (Wildman–Crippen LogP) is 4.20. The number of nitrogens with one attached hydrogen (secondary N) is 3. The summed E-state index contributed by atoms with van der Waals surface area (Å²) in [6, 6.07) is 6.45. The van der Waals surface area contributed by atoms with Crippen LogP contribution in [0.2, 0.25) is 0 Å². The predicted molar refractivity (Wildman–Crippen MR) is 161 cm³/mol. The van der Waals surface area contributed by atoms with Crippen molar-refractivity contribution in [3.8, 4) is 0 Å². The van der Waals surface area contributed by atoms with Crippen molar-refractivity contribution in [3.63, 3.8) is 0 Å². The van der Waals surface area contributed by atoms with Crippen LogP contribution in [0.3, 0.4) is 0 Å². The summed E-state index contributed by atoms with van der Waals surface area (Å²) in [5, 5.41) is 7.33. The maximum atomic E-state index is 14.6. The minimum Gasteiger partial charge on any atom is -0.455 e. The third kappa shape index (κ3) is 8.58. The van der Waals surface area contributed by atoms with E-state index < -0.39 is 73.1 Å². The molecule has 4 rings (SSSR count). The number of hydrogen-bond acceptors (Lipinski definition) is 7. The molecule has 0 saturated carbocycles. The van der Waals surface area contributed by atoms with Gasteiger partial charge in [0.2, 0.25) is 17.7 Å². The van der Waals surface area contributed by atoms with Crippen LogP contribution in [0.25, 0.3) is 17.0 Å². The second-order valence-corrected chi connectivity index (χ2v) is 11.9. The molecule has 12 heteroatoms. The molecule has 5 bridgehead atoms. The van der Waals surface area contributed by atoms with Gasteiger partial charge >= 0.3 is 5.97 Å².